The van der Waals surface area contributed by atoms with Crippen LogP contribution >= 0.6 is 0 Å². The Bertz CT molecular complexity index is 561. The quantitative estimate of drug-likeness (QED) is 0.838. The van der Waals surface area contributed by atoms with Gasteiger partial charge in [-0.05, 0) is 18.6 Å². The van der Waals surface area contributed by atoms with E-state index in [9.17, 15) is 4.79 Å². The summed E-state index contributed by atoms with van der Waals surface area (Å²) in [7, 11) is 1.84. The van der Waals surface area contributed by atoms with Crippen molar-refractivity contribution in [2.24, 2.45) is 7.05 Å². The van der Waals surface area contributed by atoms with Crippen molar-refractivity contribution in [2.75, 3.05) is 11.9 Å². The standard InChI is InChI=1S/C14H19N5O/c1-3-6-15-12-4-5-13(16-9-12)14(20)17-7-11-8-18-19(2)10-11/h4-5,8-10,15H,3,6-7H2,1-2H3,(H,17,20). The van der Waals surface area contributed by atoms with E-state index in [-0.39, 0.29) is 5.91 Å². The van der Waals surface area contributed by atoms with Gasteiger partial charge in [0.05, 0.1) is 18.1 Å². The van der Waals surface area contributed by atoms with Crippen LogP contribution in [0.15, 0.2) is 30.7 Å². The number of amides is 1. The number of nitrogens with one attached hydrogen (secondary N) is 2. The summed E-state index contributed by atoms with van der Waals surface area (Å²) in [4.78, 5) is 16.1. The summed E-state index contributed by atoms with van der Waals surface area (Å²) in [6, 6.07) is 3.58. The van der Waals surface area contributed by atoms with E-state index >= 15 is 0 Å². The molecule has 106 valence electrons. The fraction of sp³-hybridized carbons (Fsp3) is 0.357. The number of carbonyl (C=O) groups is 1. The minimum absolute atomic E-state index is 0.184. The van der Waals surface area contributed by atoms with Crippen LogP contribution in [0.4, 0.5) is 5.69 Å². The number of hydrogen-bond donors (Lipinski definition) is 2. The van der Waals surface area contributed by atoms with Crippen LogP contribution in [0.1, 0.15) is 29.4 Å². The predicted molar refractivity (Wildman–Crippen MR) is 77.4 cm³/mol. The van der Waals surface area contributed by atoms with E-state index in [4.69, 9.17) is 0 Å². The molecule has 0 aliphatic rings. The van der Waals surface area contributed by atoms with Crippen molar-refractivity contribution in [3.63, 3.8) is 0 Å². The predicted octanol–water partition coefficient (Wildman–Crippen LogP) is 1.57. The minimum atomic E-state index is -0.184. The number of anilines is 1. The Hall–Kier alpha value is -2.37. The number of nitrogens with zero attached hydrogens (tertiary/aromatic N) is 3. The third-order valence-electron chi connectivity index (χ3n) is 2.79. The number of hydrogen-bond acceptors (Lipinski definition) is 4. The summed E-state index contributed by atoms with van der Waals surface area (Å²) >= 11 is 0. The second-order valence-electron chi connectivity index (χ2n) is 4.56. The number of carbonyl (C=O) groups excluding carboxylic acids is 1. The van der Waals surface area contributed by atoms with Gasteiger partial charge in [0.15, 0.2) is 0 Å². The molecule has 20 heavy (non-hydrogen) atoms. The molecule has 0 bridgehead atoms. The Morgan fingerprint density at radius 2 is 2.20 bits per heavy atom. The average Bonchev–Trinajstić information content (AvgIpc) is 2.89. The molecule has 0 saturated heterocycles. The van der Waals surface area contributed by atoms with Crippen LogP contribution in [-0.2, 0) is 13.6 Å². The van der Waals surface area contributed by atoms with Crippen molar-refractivity contribution in [1.29, 1.82) is 0 Å². The minimum Gasteiger partial charge on any atom is -0.384 e. The molecule has 2 aromatic heterocycles. The fourth-order valence-corrected chi connectivity index (χ4v) is 1.74. The first-order chi connectivity index (χ1) is 9.69. The van der Waals surface area contributed by atoms with Crippen molar-refractivity contribution in [3.8, 4) is 0 Å². The monoisotopic (exact) mass is 273 g/mol. The number of aromatic nitrogens is 3. The van der Waals surface area contributed by atoms with Crippen LogP contribution in [0.25, 0.3) is 0 Å². The Balaban J connectivity index is 1.88. The smallest absolute Gasteiger partial charge is 0.270 e. The molecule has 0 atom stereocenters. The van der Waals surface area contributed by atoms with E-state index in [1.807, 2.05) is 19.3 Å². The first kappa shape index (κ1) is 14.0. The van der Waals surface area contributed by atoms with Gasteiger partial charge < -0.3 is 10.6 Å². The molecule has 0 aliphatic carbocycles. The molecule has 0 radical (unpaired) electrons. The van der Waals surface area contributed by atoms with E-state index in [1.165, 1.54) is 0 Å². The maximum Gasteiger partial charge on any atom is 0.270 e. The summed E-state index contributed by atoms with van der Waals surface area (Å²) in [5.74, 6) is -0.184. The van der Waals surface area contributed by atoms with E-state index in [1.54, 1.807) is 23.1 Å². The lowest BCUT2D eigenvalue weighted by Crippen LogP contribution is -2.23. The van der Waals surface area contributed by atoms with Gasteiger partial charge >= 0.3 is 0 Å². The van der Waals surface area contributed by atoms with E-state index in [0.29, 0.717) is 12.2 Å². The SMILES string of the molecule is CCCNc1ccc(C(=O)NCc2cnn(C)c2)nc1. The van der Waals surface area contributed by atoms with Crippen LogP contribution < -0.4 is 10.6 Å². The topological polar surface area (TPSA) is 71.8 Å². The Morgan fingerprint density at radius 3 is 2.80 bits per heavy atom. The van der Waals surface area contributed by atoms with Gasteiger partial charge in [0.2, 0.25) is 0 Å². The first-order valence-corrected chi connectivity index (χ1v) is 6.64. The molecule has 2 aromatic rings. The maximum atomic E-state index is 11.9. The van der Waals surface area contributed by atoms with Crippen molar-refractivity contribution in [2.45, 2.75) is 19.9 Å². The average molecular weight is 273 g/mol. The summed E-state index contributed by atoms with van der Waals surface area (Å²) < 4.78 is 1.70. The maximum absolute atomic E-state index is 11.9. The van der Waals surface area contributed by atoms with Gasteiger partial charge in [-0.3, -0.25) is 9.48 Å². The van der Waals surface area contributed by atoms with Crippen molar-refractivity contribution in [1.82, 2.24) is 20.1 Å². The molecule has 1 amide bonds. The fourth-order valence-electron chi connectivity index (χ4n) is 1.74. The van der Waals surface area contributed by atoms with Gasteiger partial charge in [0.1, 0.15) is 5.69 Å². The zero-order valence-corrected chi connectivity index (χ0v) is 11.8. The van der Waals surface area contributed by atoms with Crippen molar-refractivity contribution < 1.29 is 4.79 Å². The molecule has 2 rings (SSSR count). The molecule has 0 spiro atoms. The highest BCUT2D eigenvalue weighted by atomic mass is 16.1. The lowest BCUT2D eigenvalue weighted by atomic mass is 10.3. The van der Waals surface area contributed by atoms with Crippen LogP contribution in [-0.4, -0.2) is 27.2 Å². The van der Waals surface area contributed by atoms with Gasteiger partial charge in [-0.1, -0.05) is 6.92 Å². The summed E-state index contributed by atoms with van der Waals surface area (Å²) in [6.07, 6.45) is 6.32. The Morgan fingerprint density at radius 1 is 1.35 bits per heavy atom. The van der Waals surface area contributed by atoms with E-state index in [0.717, 1.165) is 24.2 Å². The molecule has 0 unspecified atom stereocenters. The van der Waals surface area contributed by atoms with Crippen LogP contribution in [0.3, 0.4) is 0 Å². The molecule has 0 aliphatic heterocycles. The van der Waals surface area contributed by atoms with Gasteiger partial charge in [-0.15, -0.1) is 0 Å². The number of pyridine rings is 1. The Labute approximate surface area is 118 Å². The summed E-state index contributed by atoms with van der Waals surface area (Å²) in [5.41, 5.74) is 2.30. The van der Waals surface area contributed by atoms with Crippen molar-refractivity contribution >= 4 is 11.6 Å². The van der Waals surface area contributed by atoms with Crippen LogP contribution in [0.2, 0.25) is 0 Å². The summed E-state index contributed by atoms with van der Waals surface area (Å²) in [6.45, 7) is 3.44. The molecular formula is C14H19N5O. The Kier molecular flexibility index (Phi) is 4.70. The van der Waals surface area contributed by atoms with E-state index in [2.05, 4.69) is 27.6 Å². The summed E-state index contributed by atoms with van der Waals surface area (Å²) in [5, 5.41) is 10.1. The zero-order valence-electron chi connectivity index (χ0n) is 11.8. The largest absolute Gasteiger partial charge is 0.384 e. The second-order valence-corrected chi connectivity index (χ2v) is 4.56. The number of rotatable bonds is 6. The molecule has 2 heterocycles. The van der Waals surface area contributed by atoms with E-state index < -0.39 is 0 Å². The van der Waals surface area contributed by atoms with Crippen LogP contribution in [0, 0.1) is 0 Å². The highest BCUT2D eigenvalue weighted by Gasteiger charge is 2.07. The third kappa shape index (κ3) is 3.81. The molecule has 0 aromatic carbocycles. The normalized spacial score (nSPS) is 10.3. The van der Waals surface area contributed by atoms with Crippen LogP contribution in [0.5, 0.6) is 0 Å². The lowest BCUT2D eigenvalue weighted by Gasteiger charge is -2.06. The highest BCUT2D eigenvalue weighted by Crippen LogP contribution is 2.06. The van der Waals surface area contributed by atoms with Gasteiger partial charge in [0, 0.05) is 31.9 Å². The molecule has 6 heteroatoms. The highest BCUT2D eigenvalue weighted by molar-refractivity contribution is 5.92. The first-order valence-electron chi connectivity index (χ1n) is 6.64. The zero-order chi connectivity index (χ0) is 14.4. The lowest BCUT2D eigenvalue weighted by molar-refractivity contribution is 0.0946. The molecule has 0 fully saturated rings. The number of aryl methyl sites for hydroxylation is 1. The molecule has 6 nitrogen and oxygen atoms in total. The molecule has 2 N–H and O–H groups in total. The molecular weight excluding hydrogens is 254 g/mol. The van der Waals surface area contributed by atoms with Gasteiger partial charge in [-0.2, -0.15) is 5.10 Å². The second kappa shape index (κ2) is 6.70. The van der Waals surface area contributed by atoms with Gasteiger partial charge in [-0.25, -0.2) is 4.98 Å². The van der Waals surface area contributed by atoms with Gasteiger partial charge in [0.25, 0.3) is 5.91 Å². The molecule has 0 saturated carbocycles. The van der Waals surface area contributed by atoms with Crippen molar-refractivity contribution in [3.05, 3.63) is 42.0 Å². The third-order valence-corrected chi connectivity index (χ3v) is 2.79.